The summed E-state index contributed by atoms with van der Waals surface area (Å²) in [4.78, 5) is 0. The summed E-state index contributed by atoms with van der Waals surface area (Å²) >= 11 is 0. The van der Waals surface area contributed by atoms with E-state index in [0.717, 1.165) is 0 Å². The van der Waals surface area contributed by atoms with Crippen LogP contribution in [0.4, 0.5) is 0 Å². The molecule has 164 valence electrons. The van der Waals surface area contributed by atoms with Crippen LogP contribution in [-0.4, -0.2) is 0 Å². The Kier molecular flexibility index (Phi) is 3.93. The molecule has 1 saturated carbocycles. The summed E-state index contributed by atoms with van der Waals surface area (Å²) < 4.78 is 0. The van der Waals surface area contributed by atoms with Gasteiger partial charge in [0.15, 0.2) is 0 Å². The van der Waals surface area contributed by atoms with Gasteiger partial charge in [-0.25, -0.2) is 0 Å². The summed E-state index contributed by atoms with van der Waals surface area (Å²) in [5, 5.41) is 5.29. The van der Waals surface area contributed by atoms with Gasteiger partial charge in [-0.1, -0.05) is 121 Å². The van der Waals surface area contributed by atoms with Gasteiger partial charge in [0, 0.05) is 0 Å². The van der Waals surface area contributed by atoms with Gasteiger partial charge in [-0.05, 0) is 84.3 Å². The molecular weight excluding hydrogens is 420 g/mol. The number of hydrogen-bond donors (Lipinski definition) is 0. The fourth-order valence-electron chi connectivity index (χ4n) is 6.57. The summed E-state index contributed by atoms with van der Waals surface area (Å²) in [5.74, 6) is 1.36. The van der Waals surface area contributed by atoms with E-state index in [-0.39, 0.29) is 0 Å². The van der Waals surface area contributed by atoms with Crippen LogP contribution in [0.15, 0.2) is 121 Å². The molecule has 0 heteroatoms. The van der Waals surface area contributed by atoms with Crippen LogP contribution < -0.4 is 0 Å². The fourth-order valence-corrected chi connectivity index (χ4v) is 6.57. The van der Waals surface area contributed by atoms with E-state index in [9.17, 15) is 0 Å². The van der Waals surface area contributed by atoms with Crippen molar-refractivity contribution in [2.24, 2.45) is 0 Å². The Bertz CT molecular complexity index is 1720. The van der Waals surface area contributed by atoms with Crippen LogP contribution in [0.25, 0.3) is 54.9 Å². The molecule has 0 heterocycles. The van der Waals surface area contributed by atoms with Gasteiger partial charge in [0.25, 0.3) is 0 Å². The molecule has 2 aliphatic carbocycles. The Labute approximate surface area is 205 Å². The Morgan fingerprint density at radius 1 is 0.400 bits per heavy atom. The second kappa shape index (κ2) is 7.17. The number of benzene rings is 6. The van der Waals surface area contributed by atoms with Crippen LogP contribution in [0.1, 0.15) is 29.4 Å². The molecule has 35 heavy (non-hydrogen) atoms. The molecule has 2 unspecified atom stereocenters. The molecule has 0 radical (unpaired) electrons. The van der Waals surface area contributed by atoms with Crippen LogP contribution in [0.5, 0.6) is 0 Å². The monoisotopic (exact) mass is 444 g/mol. The van der Waals surface area contributed by atoms with Crippen LogP contribution in [-0.2, 0) is 0 Å². The maximum absolute atomic E-state index is 2.51. The molecule has 6 aromatic rings. The average molecular weight is 445 g/mol. The second-order valence-electron chi connectivity index (χ2n) is 10.0. The predicted molar refractivity (Wildman–Crippen MR) is 148 cm³/mol. The summed E-state index contributed by atoms with van der Waals surface area (Å²) in [7, 11) is 0. The van der Waals surface area contributed by atoms with Gasteiger partial charge >= 0.3 is 0 Å². The smallest absolute Gasteiger partial charge is 0.00263 e. The van der Waals surface area contributed by atoms with Crippen LogP contribution in [0.2, 0.25) is 0 Å². The lowest BCUT2D eigenvalue weighted by atomic mass is 9.82. The number of rotatable bonds is 2. The van der Waals surface area contributed by atoms with E-state index in [1.54, 1.807) is 5.56 Å². The van der Waals surface area contributed by atoms with Gasteiger partial charge in [-0.2, -0.15) is 0 Å². The molecule has 6 aromatic carbocycles. The molecule has 0 saturated heterocycles. The Balaban J connectivity index is 1.44. The third kappa shape index (κ3) is 2.74. The van der Waals surface area contributed by atoms with Crippen LogP contribution in [0, 0.1) is 0 Å². The van der Waals surface area contributed by atoms with Crippen LogP contribution in [0.3, 0.4) is 0 Å². The lowest BCUT2D eigenvalue weighted by Crippen LogP contribution is -1.99. The first kappa shape index (κ1) is 19.2. The van der Waals surface area contributed by atoms with Gasteiger partial charge in [-0.3, -0.25) is 0 Å². The van der Waals surface area contributed by atoms with Gasteiger partial charge < -0.3 is 0 Å². The first-order valence-corrected chi connectivity index (χ1v) is 12.6. The van der Waals surface area contributed by atoms with E-state index in [0.29, 0.717) is 11.8 Å². The van der Waals surface area contributed by atoms with E-state index in [2.05, 4.69) is 121 Å². The highest BCUT2D eigenvalue weighted by atomic mass is 14.5. The van der Waals surface area contributed by atoms with Crippen molar-refractivity contribution >= 4 is 21.5 Å². The Hall–Kier alpha value is -4.16. The summed E-state index contributed by atoms with van der Waals surface area (Å²) in [6.45, 7) is 0. The number of hydrogen-bond acceptors (Lipinski definition) is 0. The van der Waals surface area contributed by atoms with E-state index in [1.165, 1.54) is 66.9 Å². The molecule has 0 aromatic heterocycles. The highest BCUT2D eigenvalue weighted by Gasteiger charge is 2.45. The second-order valence-corrected chi connectivity index (χ2v) is 10.0. The van der Waals surface area contributed by atoms with Crippen molar-refractivity contribution < 1.29 is 0 Å². The van der Waals surface area contributed by atoms with E-state index in [1.807, 2.05) is 0 Å². The number of fused-ring (bicyclic) bond motifs is 8. The third-order valence-corrected chi connectivity index (χ3v) is 8.17. The van der Waals surface area contributed by atoms with Crippen molar-refractivity contribution in [3.8, 4) is 33.4 Å². The normalized spacial score (nSPS) is 17.6. The summed E-state index contributed by atoms with van der Waals surface area (Å²) in [6, 6.07) is 45.0. The zero-order valence-electron chi connectivity index (χ0n) is 19.4. The SMILES string of the molecule is c1ccc(-c2c3ccccc3c(-c3ccc4c(c3)C3CC3c3ccccc3-4)c3ccccc23)cc1. The van der Waals surface area contributed by atoms with Crippen LogP contribution >= 0.6 is 0 Å². The molecule has 8 rings (SSSR count). The standard InChI is InChI=1S/C35H24/c1-2-10-22(11-3-1)34-27-14-6-8-16-29(27)35(30-17-9-7-15-28(30)34)23-18-19-26-24-12-4-5-13-25(24)32-21-33(32)31(26)20-23/h1-20,32-33H,21H2. The highest BCUT2D eigenvalue weighted by molar-refractivity contribution is 6.21. The lowest BCUT2D eigenvalue weighted by Gasteiger charge is -2.22. The molecule has 0 N–H and O–H groups in total. The minimum absolute atomic E-state index is 0.668. The van der Waals surface area contributed by atoms with Gasteiger partial charge in [0.05, 0.1) is 0 Å². The Morgan fingerprint density at radius 3 is 1.60 bits per heavy atom. The zero-order valence-corrected chi connectivity index (χ0v) is 19.4. The highest BCUT2D eigenvalue weighted by Crippen LogP contribution is 2.62. The molecule has 0 amide bonds. The van der Waals surface area contributed by atoms with Gasteiger partial charge in [-0.15, -0.1) is 0 Å². The first-order valence-electron chi connectivity index (χ1n) is 12.6. The quantitative estimate of drug-likeness (QED) is 0.233. The molecule has 2 aliphatic rings. The van der Waals surface area contributed by atoms with Crippen molar-refractivity contribution in [1.82, 2.24) is 0 Å². The molecular formula is C35H24. The lowest BCUT2D eigenvalue weighted by molar-refractivity contribution is 1.01. The average Bonchev–Trinajstić information content (AvgIpc) is 3.74. The van der Waals surface area contributed by atoms with E-state index >= 15 is 0 Å². The third-order valence-electron chi connectivity index (χ3n) is 8.17. The van der Waals surface area contributed by atoms with Crippen molar-refractivity contribution in [3.05, 3.63) is 132 Å². The largest absolute Gasteiger partial charge is 0.0622 e. The minimum Gasteiger partial charge on any atom is -0.0622 e. The Morgan fingerprint density at radius 2 is 0.914 bits per heavy atom. The summed E-state index contributed by atoms with van der Waals surface area (Å²) in [5.41, 5.74) is 11.2. The summed E-state index contributed by atoms with van der Waals surface area (Å²) in [6.07, 6.45) is 1.28. The molecule has 1 fully saturated rings. The minimum atomic E-state index is 0.668. The first-order chi connectivity index (χ1) is 17.4. The predicted octanol–water partition coefficient (Wildman–Crippen LogP) is 9.58. The molecule has 0 nitrogen and oxygen atoms in total. The van der Waals surface area contributed by atoms with Crippen molar-refractivity contribution in [2.75, 3.05) is 0 Å². The van der Waals surface area contributed by atoms with Crippen molar-refractivity contribution in [1.29, 1.82) is 0 Å². The van der Waals surface area contributed by atoms with Crippen molar-refractivity contribution in [3.63, 3.8) is 0 Å². The maximum atomic E-state index is 2.51. The maximum Gasteiger partial charge on any atom is -0.00263 e. The fraction of sp³-hybridized carbons (Fsp3) is 0.0857. The molecule has 2 atom stereocenters. The molecule has 0 bridgehead atoms. The topological polar surface area (TPSA) is 0 Å². The van der Waals surface area contributed by atoms with E-state index < -0.39 is 0 Å². The van der Waals surface area contributed by atoms with Crippen molar-refractivity contribution in [2.45, 2.75) is 18.3 Å². The van der Waals surface area contributed by atoms with Gasteiger partial charge in [0.1, 0.15) is 0 Å². The van der Waals surface area contributed by atoms with Gasteiger partial charge in [0.2, 0.25) is 0 Å². The zero-order chi connectivity index (χ0) is 22.9. The van der Waals surface area contributed by atoms with E-state index in [4.69, 9.17) is 0 Å². The molecule has 0 aliphatic heterocycles. The molecule has 0 spiro atoms.